The highest BCUT2D eigenvalue weighted by Gasteiger charge is 2.69. The Kier molecular flexibility index (Phi) is 11.6. The average molecular weight is 769 g/mol. The Hall–Kier alpha value is -5.45. The van der Waals surface area contributed by atoms with Crippen molar-refractivity contribution in [3.63, 3.8) is 0 Å². The number of rotatable bonds is 14. The Morgan fingerprint density at radius 2 is 1.60 bits per heavy atom. The number of carbonyl (C=O) groups excluding carboxylic acids is 2. The number of hydrogen-bond donors (Lipinski definition) is 1. The van der Waals surface area contributed by atoms with E-state index in [4.69, 9.17) is 40.0 Å². The van der Waals surface area contributed by atoms with Crippen LogP contribution < -0.4 is 5.32 Å². The maximum absolute atomic E-state index is 13.6. The standard InChI is InChI=1S/C38H37ClN8O8/c1-23(48)42-37-43-33(39)29-34(44-37)47(22-41-29)35-32-38(54-20-26-16-10-5-11-17-26,27(21-53-32)51-18-24-12-6-3-7-13-24)31(52-19-25-14-8-4-9-15-25)30(55-35)28(45-46-40)36(49)50-2/h3-17,22,27-28,30-32,35H,18-21H2,1-2H3,(H,42,43,44,48)/t27-,28-,30?,31+,32?,35+,38?/m0/s1. The van der Waals surface area contributed by atoms with Crippen molar-refractivity contribution >= 4 is 40.6 Å². The molecule has 5 aromatic rings. The van der Waals surface area contributed by atoms with Gasteiger partial charge < -0.3 is 28.4 Å². The molecule has 0 aliphatic carbocycles. The number of aromatic nitrogens is 4. The van der Waals surface area contributed by atoms with Gasteiger partial charge in [-0.2, -0.15) is 9.97 Å². The second-order valence-corrected chi connectivity index (χ2v) is 13.2. The van der Waals surface area contributed by atoms with Crippen LogP contribution in [0.5, 0.6) is 0 Å². The van der Waals surface area contributed by atoms with Crippen LogP contribution >= 0.6 is 11.6 Å². The Balaban J connectivity index is 1.43. The second-order valence-electron chi connectivity index (χ2n) is 12.9. The lowest BCUT2D eigenvalue weighted by Gasteiger charge is -2.53. The first-order valence-corrected chi connectivity index (χ1v) is 17.8. The third kappa shape index (κ3) is 7.88. The second kappa shape index (κ2) is 16.9. The number of methoxy groups -OCH3 is 1. The molecule has 2 fully saturated rings. The zero-order chi connectivity index (χ0) is 38.4. The molecule has 16 nitrogen and oxygen atoms in total. The van der Waals surface area contributed by atoms with Crippen LogP contribution in [-0.4, -0.2) is 81.2 Å². The van der Waals surface area contributed by atoms with Gasteiger partial charge in [-0.15, -0.1) is 0 Å². The fourth-order valence-electron chi connectivity index (χ4n) is 6.98. The summed E-state index contributed by atoms with van der Waals surface area (Å²) in [6, 6.07) is 27.0. The number of benzene rings is 3. The van der Waals surface area contributed by atoms with Crippen molar-refractivity contribution in [2.75, 3.05) is 19.0 Å². The lowest BCUT2D eigenvalue weighted by Crippen LogP contribution is -2.71. The number of anilines is 1. The van der Waals surface area contributed by atoms with Gasteiger partial charge in [0, 0.05) is 11.8 Å². The van der Waals surface area contributed by atoms with Gasteiger partial charge in [-0.05, 0) is 22.2 Å². The van der Waals surface area contributed by atoms with E-state index in [-0.39, 0.29) is 48.7 Å². The molecule has 0 saturated carbocycles. The first kappa shape index (κ1) is 37.8. The third-order valence-corrected chi connectivity index (χ3v) is 9.71. The minimum absolute atomic E-state index is 0.00792. The zero-order valence-corrected chi connectivity index (χ0v) is 30.6. The maximum Gasteiger partial charge on any atom is 0.317 e. The molecule has 2 aliphatic rings. The number of amides is 1. The number of nitrogens with zero attached hydrogens (tertiary/aromatic N) is 7. The van der Waals surface area contributed by atoms with E-state index in [1.165, 1.54) is 20.4 Å². The molecule has 3 unspecified atom stereocenters. The molecule has 0 bridgehead atoms. The number of halogens is 1. The number of carbonyl (C=O) groups is 2. The zero-order valence-electron chi connectivity index (χ0n) is 29.8. The van der Waals surface area contributed by atoms with Gasteiger partial charge in [0.25, 0.3) is 0 Å². The summed E-state index contributed by atoms with van der Waals surface area (Å²) in [4.78, 5) is 41.8. The van der Waals surface area contributed by atoms with Crippen molar-refractivity contribution in [1.82, 2.24) is 19.5 Å². The summed E-state index contributed by atoms with van der Waals surface area (Å²) in [6.07, 6.45) is -4.18. The lowest BCUT2D eigenvalue weighted by atomic mass is 9.78. The number of hydrogen-bond acceptors (Lipinski definition) is 12. The number of azide groups is 1. The summed E-state index contributed by atoms with van der Waals surface area (Å²) >= 11 is 6.55. The third-order valence-electron chi connectivity index (χ3n) is 9.44. The van der Waals surface area contributed by atoms with Crippen molar-refractivity contribution in [2.45, 2.75) is 69.0 Å². The van der Waals surface area contributed by atoms with Gasteiger partial charge in [0.05, 0.1) is 39.9 Å². The van der Waals surface area contributed by atoms with Crippen molar-refractivity contribution in [1.29, 1.82) is 0 Å². The van der Waals surface area contributed by atoms with Gasteiger partial charge in [0.1, 0.15) is 29.9 Å². The van der Waals surface area contributed by atoms with E-state index in [0.29, 0.717) is 0 Å². The molecule has 7 atom stereocenters. The van der Waals surface area contributed by atoms with Gasteiger partial charge in [-0.1, -0.05) is 108 Å². The fraction of sp³-hybridized carbons (Fsp3) is 0.342. The van der Waals surface area contributed by atoms with Crippen LogP contribution in [0.1, 0.15) is 29.8 Å². The van der Waals surface area contributed by atoms with Gasteiger partial charge in [0.15, 0.2) is 28.7 Å². The monoisotopic (exact) mass is 768 g/mol. The molecule has 284 valence electrons. The molecule has 0 radical (unpaired) electrons. The summed E-state index contributed by atoms with van der Waals surface area (Å²) in [7, 11) is 1.18. The predicted octanol–water partition coefficient (Wildman–Crippen LogP) is 5.71. The van der Waals surface area contributed by atoms with Crippen LogP contribution in [0.4, 0.5) is 5.95 Å². The molecule has 1 N–H and O–H groups in total. The van der Waals surface area contributed by atoms with E-state index in [0.717, 1.165) is 16.7 Å². The van der Waals surface area contributed by atoms with Crippen LogP contribution in [0.3, 0.4) is 0 Å². The highest BCUT2D eigenvalue weighted by molar-refractivity contribution is 6.33. The highest BCUT2D eigenvalue weighted by Crippen LogP contribution is 2.50. The molecule has 1 amide bonds. The molecular formula is C38H37ClN8O8. The quantitative estimate of drug-likeness (QED) is 0.0478. The maximum atomic E-state index is 13.6. The minimum atomic E-state index is -1.57. The smallest absolute Gasteiger partial charge is 0.317 e. The molecule has 55 heavy (non-hydrogen) atoms. The predicted molar refractivity (Wildman–Crippen MR) is 197 cm³/mol. The van der Waals surface area contributed by atoms with Crippen LogP contribution in [0, 0.1) is 0 Å². The number of esters is 1. The largest absolute Gasteiger partial charge is 0.469 e. The van der Waals surface area contributed by atoms with Gasteiger partial charge in [-0.3, -0.25) is 19.5 Å². The summed E-state index contributed by atoms with van der Waals surface area (Å²) in [5.74, 6) is -1.37. The minimum Gasteiger partial charge on any atom is -0.469 e. The molecule has 0 spiro atoms. The summed E-state index contributed by atoms with van der Waals surface area (Å²) in [6.45, 7) is 1.60. The Morgan fingerprint density at radius 3 is 2.20 bits per heavy atom. The summed E-state index contributed by atoms with van der Waals surface area (Å²) in [5, 5.41) is 6.41. The first-order valence-electron chi connectivity index (χ1n) is 17.4. The van der Waals surface area contributed by atoms with Gasteiger partial charge >= 0.3 is 5.97 Å². The summed E-state index contributed by atoms with van der Waals surface area (Å²) < 4.78 is 40.8. The topological polar surface area (TPSA) is 194 Å². The first-order chi connectivity index (χ1) is 26.8. The van der Waals surface area contributed by atoms with E-state index in [1.54, 1.807) is 4.57 Å². The molecule has 4 heterocycles. The SMILES string of the molecule is COC(=O)[C@@H](N=[N+]=[N-])C1O[C@@H](n2cnc3c(Cl)nc(NC(C)=O)nc32)C2OC[C@H](OCc3ccccc3)C2(OCc2ccccc2)[C@@H]1OCc1ccccc1. The Bertz CT molecular complexity index is 2160. The van der Waals surface area contributed by atoms with Gasteiger partial charge in [-0.25, -0.2) is 4.98 Å². The number of ether oxygens (including phenoxy) is 6. The Labute approximate surface area is 320 Å². The molecule has 17 heteroatoms. The summed E-state index contributed by atoms with van der Waals surface area (Å²) in [5.41, 5.74) is 11.1. The molecular weight excluding hydrogens is 732 g/mol. The van der Waals surface area contributed by atoms with Crippen molar-refractivity contribution in [3.8, 4) is 0 Å². The molecule has 2 aromatic heterocycles. The van der Waals surface area contributed by atoms with E-state index in [9.17, 15) is 15.1 Å². The molecule has 7 rings (SSSR count). The van der Waals surface area contributed by atoms with Crippen LogP contribution in [0.15, 0.2) is 102 Å². The van der Waals surface area contributed by atoms with Crippen LogP contribution in [0.25, 0.3) is 21.6 Å². The van der Waals surface area contributed by atoms with Crippen molar-refractivity contribution in [3.05, 3.63) is 130 Å². The van der Waals surface area contributed by atoms with E-state index in [1.807, 2.05) is 91.0 Å². The number of imidazole rings is 1. The molecule has 2 saturated heterocycles. The van der Waals surface area contributed by atoms with Crippen molar-refractivity contribution in [2.24, 2.45) is 5.11 Å². The molecule has 3 aromatic carbocycles. The van der Waals surface area contributed by atoms with Crippen LogP contribution in [0.2, 0.25) is 5.15 Å². The highest BCUT2D eigenvalue weighted by atomic mass is 35.5. The lowest BCUT2D eigenvalue weighted by molar-refractivity contribution is -0.316. The van der Waals surface area contributed by atoms with Gasteiger partial charge in [0.2, 0.25) is 11.9 Å². The normalized spacial score (nSPS) is 23.7. The van der Waals surface area contributed by atoms with Crippen molar-refractivity contribution < 1.29 is 38.0 Å². The van der Waals surface area contributed by atoms with Crippen LogP contribution in [-0.2, 0) is 57.8 Å². The number of fused-ring (bicyclic) bond motifs is 2. The average Bonchev–Trinajstić information content (AvgIpc) is 3.80. The van der Waals surface area contributed by atoms with E-state index < -0.39 is 54.2 Å². The Morgan fingerprint density at radius 1 is 0.982 bits per heavy atom. The van der Waals surface area contributed by atoms with E-state index in [2.05, 4.69) is 30.3 Å². The molecule has 2 aliphatic heterocycles. The van der Waals surface area contributed by atoms with E-state index >= 15 is 0 Å². The number of nitrogens with one attached hydrogen (secondary N) is 1. The fourth-order valence-corrected chi connectivity index (χ4v) is 7.19.